The minimum Gasteiger partial charge on any atom is -0.497 e. The van der Waals surface area contributed by atoms with E-state index in [1.807, 2.05) is 6.07 Å². The predicted molar refractivity (Wildman–Crippen MR) is 108 cm³/mol. The lowest BCUT2D eigenvalue weighted by molar-refractivity contribution is -0.257. The molecule has 32 heavy (non-hydrogen) atoms. The molecule has 2 aliphatic carbocycles. The number of nitrogens with zero attached hydrogens (tertiary/aromatic N) is 2. The number of ether oxygens (including phenoxy) is 1. The Morgan fingerprint density at radius 1 is 1.00 bits per heavy atom. The Bertz CT molecular complexity index is 1240. The van der Waals surface area contributed by atoms with E-state index >= 15 is 17.6 Å². The van der Waals surface area contributed by atoms with Gasteiger partial charge in [-0.3, -0.25) is 0 Å². The molecule has 4 aliphatic rings. The van der Waals surface area contributed by atoms with Gasteiger partial charge in [0.2, 0.25) is 0 Å². The van der Waals surface area contributed by atoms with Gasteiger partial charge in [-0.15, -0.1) is 11.8 Å². The minimum atomic E-state index is -5.63. The fraction of sp³-hybridized carbons (Fsp3) is 0.409. The molecule has 0 aromatic heterocycles. The normalized spacial score (nSPS) is 32.8. The van der Waals surface area contributed by atoms with Gasteiger partial charge in [-0.2, -0.15) is 31.6 Å². The summed E-state index contributed by atoms with van der Waals surface area (Å²) < 4.78 is 93.8. The summed E-state index contributed by atoms with van der Waals surface area (Å²) in [5.74, 6) is -15.6. The van der Waals surface area contributed by atoms with Gasteiger partial charge in [0.05, 0.1) is 22.3 Å². The number of hydrogen-bond acceptors (Lipinski definition) is 4. The summed E-state index contributed by atoms with van der Waals surface area (Å²) in [4.78, 5) is 1.63. The Labute approximate surface area is 184 Å². The number of nitriles is 1. The van der Waals surface area contributed by atoms with Crippen molar-refractivity contribution in [1.82, 2.24) is 0 Å². The maximum Gasteiger partial charge on any atom is 0.380 e. The van der Waals surface area contributed by atoms with Gasteiger partial charge >= 0.3 is 17.8 Å². The zero-order chi connectivity index (χ0) is 23.6. The smallest absolute Gasteiger partial charge is 0.380 e. The summed E-state index contributed by atoms with van der Waals surface area (Å²) >= 11 is 0.918. The third kappa shape index (κ3) is 1.90. The zero-order valence-electron chi connectivity index (χ0n) is 17.3. The van der Waals surface area contributed by atoms with Crippen molar-refractivity contribution in [3.63, 3.8) is 0 Å². The van der Waals surface area contributed by atoms with Crippen LogP contribution < -0.4 is 9.64 Å². The van der Waals surface area contributed by atoms with Crippen molar-refractivity contribution in [3.05, 3.63) is 51.5 Å². The van der Waals surface area contributed by atoms with Crippen LogP contribution in [-0.2, 0) is 0 Å². The Morgan fingerprint density at radius 2 is 1.62 bits per heavy atom. The van der Waals surface area contributed by atoms with Gasteiger partial charge in [0.15, 0.2) is 0 Å². The largest absolute Gasteiger partial charge is 0.497 e. The number of alkyl halides is 6. The fourth-order valence-corrected chi connectivity index (χ4v) is 6.82. The number of thioether (sulfide) groups is 1. The highest BCUT2D eigenvalue weighted by molar-refractivity contribution is 8.05. The monoisotopic (exact) mass is 470 g/mol. The number of allylic oxidation sites excluding steroid dienone is 4. The second kappa shape index (κ2) is 5.68. The van der Waals surface area contributed by atoms with Gasteiger partial charge < -0.3 is 9.64 Å². The van der Waals surface area contributed by atoms with E-state index in [4.69, 9.17) is 4.74 Å². The molecule has 1 aromatic carbocycles. The molecule has 0 radical (unpaired) electrons. The molecule has 2 unspecified atom stereocenters. The second-order valence-electron chi connectivity index (χ2n) is 8.53. The average molecular weight is 470 g/mol. The Kier molecular flexibility index (Phi) is 3.78. The van der Waals surface area contributed by atoms with Gasteiger partial charge in [0.25, 0.3) is 0 Å². The summed E-state index contributed by atoms with van der Waals surface area (Å²) in [6, 6.07) is 6.41. The van der Waals surface area contributed by atoms with E-state index in [-0.39, 0.29) is 27.4 Å². The highest BCUT2D eigenvalue weighted by Crippen LogP contribution is 2.74. The van der Waals surface area contributed by atoms with Crippen LogP contribution in [0.1, 0.15) is 19.4 Å². The molecule has 1 fully saturated rings. The van der Waals surface area contributed by atoms with Crippen LogP contribution >= 0.6 is 11.8 Å². The van der Waals surface area contributed by atoms with E-state index in [0.29, 0.717) is 5.69 Å². The van der Waals surface area contributed by atoms with E-state index in [0.717, 1.165) is 17.8 Å². The highest BCUT2D eigenvalue weighted by Gasteiger charge is 2.84. The number of halogens is 6. The standard InChI is InChI=1S/C22H16F6N2OS/c1-18-15(12-7-10(31-4)5-6-14(12)30(18)3)17-16(13-8-11(9-29)32-19(13,18)2)20(23,24)22(27,28)21(17,25)26/h5-8H,1-4H3. The minimum absolute atomic E-state index is 0.00639. The molecule has 168 valence electrons. The van der Waals surface area contributed by atoms with E-state index in [1.54, 1.807) is 31.0 Å². The predicted octanol–water partition coefficient (Wildman–Crippen LogP) is 5.80. The van der Waals surface area contributed by atoms with Gasteiger partial charge in [0, 0.05) is 29.4 Å². The van der Waals surface area contributed by atoms with Crippen molar-refractivity contribution in [2.24, 2.45) is 0 Å². The van der Waals surface area contributed by atoms with Gasteiger partial charge in [-0.1, -0.05) is 0 Å². The number of fused-ring (bicyclic) bond motifs is 6. The summed E-state index contributed by atoms with van der Waals surface area (Å²) in [5.41, 5.74) is -4.30. The summed E-state index contributed by atoms with van der Waals surface area (Å²) in [6.07, 6.45) is 1.05. The van der Waals surface area contributed by atoms with Gasteiger partial charge in [-0.05, 0) is 49.3 Å². The molecule has 0 N–H and O–H groups in total. The maximum atomic E-state index is 15.3. The Balaban J connectivity index is 2.02. The van der Waals surface area contributed by atoms with Gasteiger partial charge in [-0.25, -0.2) is 0 Å². The van der Waals surface area contributed by atoms with Crippen LogP contribution in [0.15, 0.2) is 45.9 Å². The molecule has 1 saturated carbocycles. The topological polar surface area (TPSA) is 36.3 Å². The number of hydrogen-bond donors (Lipinski definition) is 0. The van der Waals surface area contributed by atoms with Crippen LogP contribution in [0, 0.1) is 11.3 Å². The fourth-order valence-electron chi connectivity index (χ4n) is 5.45. The number of rotatable bonds is 1. The maximum absolute atomic E-state index is 15.3. The van der Waals surface area contributed by atoms with Crippen LogP contribution in [0.5, 0.6) is 5.75 Å². The van der Waals surface area contributed by atoms with Crippen molar-refractivity contribution in [3.8, 4) is 11.8 Å². The third-order valence-corrected chi connectivity index (χ3v) is 8.78. The average Bonchev–Trinajstić information content (AvgIpc) is 3.23. The van der Waals surface area contributed by atoms with E-state index in [1.165, 1.54) is 20.1 Å². The first-order valence-corrected chi connectivity index (χ1v) is 10.4. The number of anilines is 1. The summed E-state index contributed by atoms with van der Waals surface area (Å²) in [5, 5.41) is 9.45. The zero-order valence-corrected chi connectivity index (χ0v) is 18.1. The first-order valence-electron chi connectivity index (χ1n) is 9.59. The molecule has 0 saturated heterocycles. The van der Waals surface area contributed by atoms with Crippen molar-refractivity contribution in [1.29, 1.82) is 5.26 Å². The third-order valence-electron chi connectivity index (χ3n) is 7.32. The molecule has 2 aliphatic heterocycles. The van der Waals surface area contributed by atoms with E-state index in [2.05, 4.69) is 0 Å². The van der Waals surface area contributed by atoms with Crippen molar-refractivity contribution in [2.45, 2.75) is 41.9 Å². The summed E-state index contributed by atoms with van der Waals surface area (Å²) in [6.45, 7) is 3.09. The Hall–Kier alpha value is -2.54. The quantitative estimate of drug-likeness (QED) is 0.486. The molecule has 1 aromatic rings. The van der Waals surface area contributed by atoms with Crippen LogP contribution in [0.25, 0.3) is 5.57 Å². The number of benzene rings is 1. The molecular weight excluding hydrogens is 454 g/mol. The molecule has 3 nitrogen and oxygen atoms in total. The van der Waals surface area contributed by atoms with Crippen LogP contribution in [0.2, 0.25) is 0 Å². The molecule has 0 spiro atoms. The summed E-state index contributed by atoms with van der Waals surface area (Å²) in [7, 11) is 2.95. The van der Waals surface area contributed by atoms with Crippen LogP contribution in [0.4, 0.5) is 32.0 Å². The highest BCUT2D eigenvalue weighted by atomic mass is 32.2. The van der Waals surface area contributed by atoms with Crippen LogP contribution in [-0.4, -0.2) is 42.2 Å². The van der Waals surface area contributed by atoms with Crippen molar-refractivity contribution < 1.29 is 31.1 Å². The molecule has 0 amide bonds. The number of likely N-dealkylation sites (N-methyl/N-ethyl adjacent to an activating group) is 1. The first kappa shape index (κ1) is 21.3. The molecule has 5 rings (SSSR count). The van der Waals surface area contributed by atoms with E-state index < -0.39 is 39.2 Å². The molecule has 0 bridgehead atoms. The van der Waals surface area contributed by atoms with Crippen LogP contribution in [0.3, 0.4) is 0 Å². The lowest BCUT2D eigenvalue weighted by atomic mass is 9.66. The second-order valence-corrected chi connectivity index (χ2v) is 9.99. The molecule has 10 heteroatoms. The van der Waals surface area contributed by atoms with Gasteiger partial charge in [0.1, 0.15) is 11.8 Å². The lowest BCUT2D eigenvalue weighted by Crippen LogP contribution is -2.59. The van der Waals surface area contributed by atoms with Crippen molar-refractivity contribution >= 4 is 23.0 Å². The molecule has 2 atom stereocenters. The lowest BCUT2D eigenvalue weighted by Gasteiger charge is -2.51. The number of methoxy groups -OCH3 is 1. The first-order chi connectivity index (χ1) is 14.7. The SMILES string of the molecule is COc1ccc2c(c1)C1=C3C(=C4C=C(C#N)SC4(C)C1(C)N2C)C(F)(F)C(F)(F)C3(F)F. The van der Waals surface area contributed by atoms with Crippen molar-refractivity contribution in [2.75, 3.05) is 19.1 Å². The molecule has 2 heterocycles. The van der Waals surface area contributed by atoms with E-state index in [9.17, 15) is 14.0 Å². The molecular formula is C22H16F6N2OS. The Morgan fingerprint density at radius 3 is 2.22 bits per heavy atom.